The highest BCUT2D eigenvalue weighted by Gasteiger charge is 2.07. The smallest absolute Gasteiger partial charge is 0.258 e. The molecule has 0 aliphatic carbocycles. The second kappa shape index (κ2) is 6.25. The molecule has 1 heterocycles. The Hall–Kier alpha value is -2.28. The van der Waals surface area contributed by atoms with E-state index in [1.165, 1.54) is 23.5 Å². The Morgan fingerprint density at radius 2 is 2.15 bits per heavy atom. The fourth-order valence-corrected chi connectivity index (χ4v) is 2.10. The Bertz CT molecular complexity index is 634. The van der Waals surface area contributed by atoms with Gasteiger partial charge in [0.1, 0.15) is 0 Å². The van der Waals surface area contributed by atoms with Crippen LogP contribution >= 0.6 is 11.3 Å². The number of anilines is 1. The van der Waals surface area contributed by atoms with Crippen LogP contribution in [-0.4, -0.2) is 15.6 Å². The first kappa shape index (κ1) is 14.1. The van der Waals surface area contributed by atoms with Gasteiger partial charge in [-0.05, 0) is 25.5 Å². The zero-order chi connectivity index (χ0) is 14.5. The fraction of sp³-hybridized carbons (Fsp3) is 0.231. The van der Waals surface area contributed by atoms with Crippen LogP contribution < -0.4 is 5.43 Å². The highest BCUT2D eigenvalue weighted by Crippen LogP contribution is 2.26. The van der Waals surface area contributed by atoms with Gasteiger partial charge in [0.2, 0.25) is 5.13 Å². The molecule has 20 heavy (non-hydrogen) atoms. The van der Waals surface area contributed by atoms with E-state index < -0.39 is 4.92 Å². The first-order valence-electron chi connectivity index (χ1n) is 6.09. The fourth-order valence-electron chi connectivity index (χ4n) is 1.43. The predicted molar refractivity (Wildman–Crippen MR) is 81.2 cm³/mol. The quantitative estimate of drug-likeness (QED) is 0.514. The number of hydrazone groups is 1. The molecule has 104 valence electrons. The normalized spacial score (nSPS) is 11.4. The number of nitro groups is 1. The van der Waals surface area contributed by atoms with Crippen LogP contribution in [0.1, 0.15) is 20.3 Å². The molecule has 0 aliphatic heterocycles. The van der Waals surface area contributed by atoms with Crippen molar-refractivity contribution in [3.8, 4) is 11.3 Å². The van der Waals surface area contributed by atoms with Gasteiger partial charge in [0.05, 0.1) is 10.6 Å². The van der Waals surface area contributed by atoms with Crippen molar-refractivity contribution in [2.24, 2.45) is 5.10 Å². The molecule has 0 fully saturated rings. The Morgan fingerprint density at radius 1 is 1.45 bits per heavy atom. The Balaban J connectivity index is 2.14. The van der Waals surface area contributed by atoms with Gasteiger partial charge in [0.25, 0.3) is 5.69 Å². The summed E-state index contributed by atoms with van der Waals surface area (Å²) in [6, 6.07) is 6.33. The Kier molecular flexibility index (Phi) is 4.41. The number of thiazole rings is 1. The summed E-state index contributed by atoms with van der Waals surface area (Å²) in [6.45, 7) is 3.97. The van der Waals surface area contributed by atoms with Crippen LogP contribution in [0.25, 0.3) is 11.3 Å². The van der Waals surface area contributed by atoms with Crippen molar-refractivity contribution < 1.29 is 4.92 Å². The van der Waals surface area contributed by atoms with Gasteiger partial charge in [-0.3, -0.25) is 15.5 Å². The molecule has 0 spiro atoms. The standard InChI is InChI=1S/C13H14N4O2S/c1-3-9(2)15-16-13-14-12(8-20-13)10-4-6-11(7-5-10)17(18)19/h4-8H,3H2,1-2H3,(H,14,16)/b15-9-. The van der Waals surface area contributed by atoms with Gasteiger partial charge in [0, 0.05) is 28.8 Å². The van der Waals surface area contributed by atoms with E-state index >= 15 is 0 Å². The molecule has 0 saturated carbocycles. The monoisotopic (exact) mass is 290 g/mol. The third-order valence-corrected chi connectivity index (χ3v) is 3.48. The molecule has 2 aromatic rings. The van der Waals surface area contributed by atoms with Crippen molar-refractivity contribution in [1.29, 1.82) is 0 Å². The molecule has 0 atom stereocenters. The minimum Gasteiger partial charge on any atom is -0.258 e. The lowest BCUT2D eigenvalue weighted by Gasteiger charge is -1.97. The predicted octanol–water partition coefficient (Wildman–Crippen LogP) is 3.92. The summed E-state index contributed by atoms with van der Waals surface area (Å²) in [5.74, 6) is 0. The molecular formula is C13H14N4O2S. The van der Waals surface area contributed by atoms with Gasteiger partial charge in [0.15, 0.2) is 0 Å². The summed E-state index contributed by atoms with van der Waals surface area (Å²) < 4.78 is 0. The zero-order valence-corrected chi connectivity index (χ0v) is 12.0. The number of non-ortho nitro benzene ring substituents is 1. The maximum absolute atomic E-state index is 10.6. The topological polar surface area (TPSA) is 80.4 Å². The molecule has 0 aliphatic rings. The lowest BCUT2D eigenvalue weighted by molar-refractivity contribution is -0.384. The van der Waals surface area contributed by atoms with Crippen LogP contribution in [-0.2, 0) is 0 Å². The van der Waals surface area contributed by atoms with Crippen molar-refractivity contribution in [3.63, 3.8) is 0 Å². The number of benzene rings is 1. The number of nitrogens with zero attached hydrogens (tertiary/aromatic N) is 3. The Labute approximate surface area is 120 Å². The molecule has 0 saturated heterocycles. The number of hydrogen-bond donors (Lipinski definition) is 1. The molecule has 1 aromatic carbocycles. The molecule has 6 nitrogen and oxygen atoms in total. The van der Waals surface area contributed by atoms with E-state index in [2.05, 4.69) is 15.5 Å². The minimum absolute atomic E-state index is 0.0745. The molecule has 7 heteroatoms. The number of nitrogens with one attached hydrogen (secondary N) is 1. The van der Waals surface area contributed by atoms with Crippen molar-refractivity contribution in [2.45, 2.75) is 20.3 Å². The highest BCUT2D eigenvalue weighted by atomic mass is 32.1. The molecule has 1 N–H and O–H groups in total. The van der Waals surface area contributed by atoms with Gasteiger partial charge in [-0.1, -0.05) is 6.92 Å². The third kappa shape index (κ3) is 3.39. The molecular weight excluding hydrogens is 276 g/mol. The van der Waals surface area contributed by atoms with Crippen LogP contribution in [0.15, 0.2) is 34.7 Å². The first-order chi connectivity index (χ1) is 9.60. The first-order valence-corrected chi connectivity index (χ1v) is 6.97. The maximum Gasteiger partial charge on any atom is 0.269 e. The van der Waals surface area contributed by atoms with Crippen molar-refractivity contribution >= 4 is 27.9 Å². The summed E-state index contributed by atoms with van der Waals surface area (Å²) in [7, 11) is 0. The van der Waals surface area contributed by atoms with E-state index in [4.69, 9.17) is 0 Å². The van der Waals surface area contributed by atoms with E-state index in [1.807, 2.05) is 19.2 Å². The van der Waals surface area contributed by atoms with Gasteiger partial charge >= 0.3 is 0 Å². The Morgan fingerprint density at radius 3 is 2.75 bits per heavy atom. The molecule has 0 amide bonds. The SMILES string of the molecule is CC/C(C)=N\Nc1nc(-c2ccc([N+](=O)[O-])cc2)cs1. The van der Waals surface area contributed by atoms with E-state index in [0.717, 1.165) is 23.4 Å². The van der Waals surface area contributed by atoms with Gasteiger partial charge < -0.3 is 0 Å². The summed E-state index contributed by atoms with van der Waals surface area (Å²) in [4.78, 5) is 14.6. The van der Waals surface area contributed by atoms with Crippen LogP contribution in [0.4, 0.5) is 10.8 Å². The van der Waals surface area contributed by atoms with Crippen LogP contribution in [0, 0.1) is 10.1 Å². The number of hydrogen-bond acceptors (Lipinski definition) is 6. The van der Waals surface area contributed by atoms with E-state index in [-0.39, 0.29) is 5.69 Å². The molecule has 0 radical (unpaired) electrons. The van der Waals surface area contributed by atoms with Gasteiger partial charge in [-0.25, -0.2) is 4.98 Å². The van der Waals surface area contributed by atoms with Crippen molar-refractivity contribution in [3.05, 3.63) is 39.8 Å². The van der Waals surface area contributed by atoms with Crippen molar-refractivity contribution in [1.82, 2.24) is 4.98 Å². The second-order valence-electron chi connectivity index (χ2n) is 4.15. The van der Waals surface area contributed by atoms with E-state index in [9.17, 15) is 10.1 Å². The summed E-state index contributed by atoms with van der Waals surface area (Å²) in [6.07, 6.45) is 0.883. The lowest BCUT2D eigenvalue weighted by atomic mass is 10.1. The lowest BCUT2D eigenvalue weighted by Crippen LogP contribution is -1.95. The average molecular weight is 290 g/mol. The number of rotatable bonds is 5. The number of aromatic nitrogens is 1. The van der Waals surface area contributed by atoms with Crippen molar-refractivity contribution in [2.75, 3.05) is 5.43 Å². The molecule has 0 bridgehead atoms. The average Bonchev–Trinajstić information content (AvgIpc) is 2.93. The third-order valence-electron chi connectivity index (χ3n) is 2.73. The minimum atomic E-state index is -0.417. The van der Waals surface area contributed by atoms with Crippen LogP contribution in [0.3, 0.4) is 0 Å². The molecule has 2 rings (SSSR count). The number of nitro benzene ring substituents is 1. The molecule has 1 aromatic heterocycles. The zero-order valence-electron chi connectivity index (χ0n) is 11.2. The van der Waals surface area contributed by atoms with Gasteiger partial charge in [-0.2, -0.15) is 5.10 Å². The van der Waals surface area contributed by atoms with E-state index in [0.29, 0.717) is 5.13 Å². The summed E-state index contributed by atoms with van der Waals surface area (Å²) in [5, 5.41) is 17.4. The second-order valence-corrected chi connectivity index (χ2v) is 5.01. The van der Waals surface area contributed by atoms with Crippen LogP contribution in [0.5, 0.6) is 0 Å². The van der Waals surface area contributed by atoms with Gasteiger partial charge in [-0.15, -0.1) is 11.3 Å². The summed E-state index contributed by atoms with van der Waals surface area (Å²) in [5.41, 5.74) is 5.59. The highest BCUT2D eigenvalue weighted by molar-refractivity contribution is 7.14. The maximum atomic E-state index is 10.6. The molecule has 0 unspecified atom stereocenters. The van der Waals surface area contributed by atoms with Crippen LogP contribution in [0.2, 0.25) is 0 Å². The largest absolute Gasteiger partial charge is 0.269 e. The van der Waals surface area contributed by atoms with E-state index in [1.54, 1.807) is 12.1 Å². The summed E-state index contributed by atoms with van der Waals surface area (Å²) >= 11 is 1.44.